The number of halogens is 1. The molecular formula is C12H12BrN3S. The fourth-order valence-corrected chi connectivity index (χ4v) is 2.42. The smallest absolute Gasteiger partial charge is 0.107 e. The quantitative estimate of drug-likeness (QED) is 0.941. The van der Waals surface area contributed by atoms with Gasteiger partial charge in [0.15, 0.2) is 0 Å². The van der Waals surface area contributed by atoms with Gasteiger partial charge in [-0.1, -0.05) is 6.07 Å². The number of aromatic nitrogens is 2. The van der Waals surface area contributed by atoms with E-state index < -0.39 is 0 Å². The summed E-state index contributed by atoms with van der Waals surface area (Å²) in [5, 5.41) is 5.08. The zero-order valence-corrected chi connectivity index (χ0v) is 11.8. The van der Waals surface area contributed by atoms with Gasteiger partial charge in [0.1, 0.15) is 10.1 Å². The molecule has 88 valence electrons. The SMILES string of the molecule is CNCc1cccnc1Sc1ccc(Br)cn1. The van der Waals surface area contributed by atoms with E-state index in [4.69, 9.17) is 0 Å². The summed E-state index contributed by atoms with van der Waals surface area (Å²) in [6.07, 6.45) is 3.60. The highest BCUT2D eigenvalue weighted by Gasteiger charge is 2.05. The third-order valence-corrected chi connectivity index (χ3v) is 3.60. The Morgan fingerprint density at radius 2 is 2.18 bits per heavy atom. The minimum atomic E-state index is 0.812. The van der Waals surface area contributed by atoms with E-state index in [9.17, 15) is 0 Å². The van der Waals surface area contributed by atoms with Crippen molar-refractivity contribution in [3.05, 3.63) is 46.7 Å². The molecule has 0 atom stereocenters. The molecule has 0 saturated heterocycles. The van der Waals surface area contributed by atoms with Gasteiger partial charge in [0.2, 0.25) is 0 Å². The molecule has 0 aromatic carbocycles. The normalized spacial score (nSPS) is 10.5. The molecular weight excluding hydrogens is 298 g/mol. The van der Waals surface area contributed by atoms with Crippen molar-refractivity contribution in [3.63, 3.8) is 0 Å². The summed E-state index contributed by atoms with van der Waals surface area (Å²) in [4.78, 5) is 8.72. The summed E-state index contributed by atoms with van der Waals surface area (Å²) < 4.78 is 0.985. The first-order valence-electron chi connectivity index (χ1n) is 5.17. The molecule has 0 spiro atoms. The van der Waals surface area contributed by atoms with Gasteiger partial charge in [0.05, 0.1) is 0 Å². The van der Waals surface area contributed by atoms with E-state index in [1.807, 2.05) is 25.2 Å². The Morgan fingerprint density at radius 1 is 1.29 bits per heavy atom. The summed E-state index contributed by atoms with van der Waals surface area (Å²) >= 11 is 4.95. The second kappa shape index (κ2) is 6.14. The van der Waals surface area contributed by atoms with Crippen LogP contribution in [0.4, 0.5) is 0 Å². The molecule has 2 heterocycles. The molecule has 0 aliphatic rings. The van der Waals surface area contributed by atoms with Crippen LogP contribution in [0.3, 0.4) is 0 Å². The second-order valence-electron chi connectivity index (χ2n) is 3.41. The highest BCUT2D eigenvalue weighted by Crippen LogP contribution is 2.27. The summed E-state index contributed by atoms with van der Waals surface area (Å²) in [5.74, 6) is 0. The van der Waals surface area contributed by atoms with Gasteiger partial charge in [-0.25, -0.2) is 9.97 Å². The number of hydrogen-bond donors (Lipinski definition) is 1. The van der Waals surface area contributed by atoms with Crippen LogP contribution in [0.5, 0.6) is 0 Å². The largest absolute Gasteiger partial charge is 0.316 e. The van der Waals surface area contributed by atoms with Crippen LogP contribution in [0.15, 0.2) is 51.2 Å². The van der Waals surface area contributed by atoms with Gasteiger partial charge in [-0.15, -0.1) is 0 Å². The number of hydrogen-bond acceptors (Lipinski definition) is 4. The second-order valence-corrected chi connectivity index (χ2v) is 5.34. The van der Waals surface area contributed by atoms with Crippen molar-refractivity contribution in [2.45, 2.75) is 16.6 Å². The van der Waals surface area contributed by atoms with Crippen molar-refractivity contribution in [1.82, 2.24) is 15.3 Å². The van der Waals surface area contributed by atoms with E-state index in [1.54, 1.807) is 24.2 Å². The number of nitrogens with zero attached hydrogens (tertiary/aromatic N) is 2. The monoisotopic (exact) mass is 309 g/mol. The topological polar surface area (TPSA) is 37.8 Å². The van der Waals surface area contributed by atoms with Crippen LogP contribution in [0.25, 0.3) is 0 Å². The first-order valence-corrected chi connectivity index (χ1v) is 6.78. The molecule has 0 bridgehead atoms. The maximum absolute atomic E-state index is 4.39. The van der Waals surface area contributed by atoms with Gasteiger partial charge in [-0.2, -0.15) is 0 Å². The Hall–Kier alpha value is -0.910. The zero-order chi connectivity index (χ0) is 12.1. The standard InChI is InChI=1S/C12H12BrN3S/c1-14-7-9-3-2-6-15-12(9)17-11-5-4-10(13)8-16-11/h2-6,8,14H,7H2,1H3. The third kappa shape index (κ3) is 3.52. The maximum atomic E-state index is 4.39. The van der Waals surface area contributed by atoms with E-state index in [2.05, 4.69) is 37.3 Å². The minimum Gasteiger partial charge on any atom is -0.316 e. The zero-order valence-electron chi connectivity index (χ0n) is 9.35. The average molecular weight is 310 g/mol. The molecule has 1 N–H and O–H groups in total. The van der Waals surface area contributed by atoms with Crippen molar-refractivity contribution in [2.24, 2.45) is 0 Å². The van der Waals surface area contributed by atoms with Gasteiger partial charge in [-0.05, 0) is 58.5 Å². The first-order chi connectivity index (χ1) is 8.29. The summed E-state index contributed by atoms with van der Waals surface area (Å²) in [7, 11) is 1.93. The number of pyridine rings is 2. The molecule has 2 aromatic heterocycles. The molecule has 0 unspecified atom stereocenters. The van der Waals surface area contributed by atoms with Crippen LogP contribution in [0, 0.1) is 0 Å². The molecule has 3 nitrogen and oxygen atoms in total. The Labute approximate surface area is 113 Å². The summed E-state index contributed by atoms with van der Waals surface area (Å²) in [5.41, 5.74) is 1.18. The fourth-order valence-electron chi connectivity index (χ4n) is 1.36. The predicted octanol–water partition coefficient (Wildman–Crippen LogP) is 3.11. The third-order valence-electron chi connectivity index (χ3n) is 2.12. The van der Waals surface area contributed by atoms with Crippen LogP contribution >= 0.6 is 27.7 Å². The lowest BCUT2D eigenvalue weighted by Crippen LogP contribution is -2.06. The van der Waals surface area contributed by atoms with E-state index in [0.29, 0.717) is 0 Å². The van der Waals surface area contributed by atoms with Crippen molar-refractivity contribution < 1.29 is 0 Å². The van der Waals surface area contributed by atoms with E-state index in [0.717, 1.165) is 21.1 Å². The minimum absolute atomic E-state index is 0.812. The van der Waals surface area contributed by atoms with Gasteiger partial charge in [-0.3, -0.25) is 0 Å². The summed E-state index contributed by atoms with van der Waals surface area (Å²) in [6.45, 7) is 0.812. The lowest BCUT2D eigenvalue weighted by molar-refractivity contribution is 0.789. The van der Waals surface area contributed by atoms with Gasteiger partial charge in [0, 0.05) is 23.4 Å². The molecule has 2 aromatic rings. The van der Waals surface area contributed by atoms with Gasteiger partial charge >= 0.3 is 0 Å². The Bertz CT molecular complexity index is 487. The molecule has 0 aliphatic heterocycles. The molecule has 0 radical (unpaired) electrons. The van der Waals surface area contributed by atoms with Crippen LogP contribution < -0.4 is 5.32 Å². The fraction of sp³-hybridized carbons (Fsp3) is 0.167. The molecule has 5 heteroatoms. The highest BCUT2D eigenvalue weighted by molar-refractivity contribution is 9.10. The molecule has 0 saturated carbocycles. The molecule has 0 fully saturated rings. The van der Waals surface area contributed by atoms with Crippen LogP contribution in [0.1, 0.15) is 5.56 Å². The van der Waals surface area contributed by atoms with Crippen molar-refractivity contribution >= 4 is 27.7 Å². The van der Waals surface area contributed by atoms with E-state index in [-0.39, 0.29) is 0 Å². The molecule has 0 aliphatic carbocycles. The first kappa shape index (κ1) is 12.5. The van der Waals surface area contributed by atoms with Crippen LogP contribution in [-0.2, 0) is 6.54 Å². The Morgan fingerprint density at radius 3 is 2.88 bits per heavy atom. The van der Waals surface area contributed by atoms with Gasteiger partial charge in [0.25, 0.3) is 0 Å². The van der Waals surface area contributed by atoms with E-state index in [1.165, 1.54) is 5.56 Å². The van der Waals surface area contributed by atoms with Crippen molar-refractivity contribution in [2.75, 3.05) is 7.05 Å². The molecule has 0 amide bonds. The highest BCUT2D eigenvalue weighted by atomic mass is 79.9. The number of nitrogens with one attached hydrogen (secondary N) is 1. The lowest BCUT2D eigenvalue weighted by Gasteiger charge is -2.06. The maximum Gasteiger partial charge on any atom is 0.107 e. The van der Waals surface area contributed by atoms with E-state index >= 15 is 0 Å². The molecule has 2 rings (SSSR count). The van der Waals surface area contributed by atoms with Crippen LogP contribution in [-0.4, -0.2) is 17.0 Å². The van der Waals surface area contributed by atoms with Crippen molar-refractivity contribution in [1.29, 1.82) is 0 Å². The average Bonchev–Trinajstić information content (AvgIpc) is 2.35. The Kier molecular flexibility index (Phi) is 4.53. The summed E-state index contributed by atoms with van der Waals surface area (Å²) in [6, 6.07) is 7.99. The Balaban J connectivity index is 2.20. The number of rotatable bonds is 4. The molecule has 17 heavy (non-hydrogen) atoms. The van der Waals surface area contributed by atoms with Crippen LogP contribution in [0.2, 0.25) is 0 Å². The predicted molar refractivity (Wildman–Crippen MR) is 73.1 cm³/mol. The van der Waals surface area contributed by atoms with Gasteiger partial charge < -0.3 is 5.32 Å². The van der Waals surface area contributed by atoms with Crippen molar-refractivity contribution in [3.8, 4) is 0 Å². The lowest BCUT2D eigenvalue weighted by atomic mass is 10.3.